The van der Waals surface area contributed by atoms with Crippen LogP contribution in [0.5, 0.6) is 0 Å². The van der Waals surface area contributed by atoms with Crippen LogP contribution in [0.1, 0.15) is 59.8 Å². The summed E-state index contributed by atoms with van der Waals surface area (Å²) in [5, 5.41) is 0. The molecule has 0 N–H and O–H groups in total. The van der Waals surface area contributed by atoms with Crippen LogP contribution in [-0.2, 0) is 0 Å². The maximum Gasteiger partial charge on any atom is -0.0287 e. The molecule has 0 heterocycles. The molecule has 1 saturated carbocycles. The highest BCUT2D eigenvalue weighted by atomic mass is 14.2. The van der Waals surface area contributed by atoms with E-state index in [0.717, 1.165) is 11.8 Å². The van der Waals surface area contributed by atoms with Gasteiger partial charge in [-0.05, 0) is 51.4 Å². The summed E-state index contributed by atoms with van der Waals surface area (Å²) < 4.78 is 0. The molecule has 0 saturated heterocycles. The molecule has 1 unspecified atom stereocenters. The third-order valence-corrected chi connectivity index (χ3v) is 3.46. The normalized spacial score (nSPS) is 24.7. The van der Waals surface area contributed by atoms with Gasteiger partial charge in [0.25, 0.3) is 0 Å². The fourth-order valence-electron chi connectivity index (χ4n) is 2.29. The molecule has 1 fully saturated rings. The summed E-state index contributed by atoms with van der Waals surface area (Å²) in [6.45, 7) is 9.30. The van der Waals surface area contributed by atoms with Crippen LogP contribution in [-0.4, -0.2) is 0 Å². The minimum atomic E-state index is 0.868. The van der Waals surface area contributed by atoms with Crippen molar-refractivity contribution in [2.24, 2.45) is 11.8 Å². The zero-order valence-electron chi connectivity index (χ0n) is 9.69. The van der Waals surface area contributed by atoms with Gasteiger partial charge in [0, 0.05) is 0 Å². The van der Waals surface area contributed by atoms with Gasteiger partial charge >= 0.3 is 0 Å². The molecule has 1 aliphatic carbocycles. The molecule has 0 spiro atoms. The van der Waals surface area contributed by atoms with Gasteiger partial charge in [-0.25, -0.2) is 0 Å². The molecule has 0 bridgehead atoms. The Hall–Kier alpha value is -0.260. The largest absolute Gasteiger partial charge is 0.0772 e. The molecule has 1 atom stereocenters. The zero-order chi connectivity index (χ0) is 9.84. The zero-order valence-corrected chi connectivity index (χ0v) is 9.69. The van der Waals surface area contributed by atoms with E-state index in [-0.39, 0.29) is 0 Å². The van der Waals surface area contributed by atoms with Crippen LogP contribution < -0.4 is 0 Å². The summed E-state index contributed by atoms with van der Waals surface area (Å²) in [6.07, 6.45) is 7.06. The number of hydrogen-bond donors (Lipinski definition) is 0. The van der Waals surface area contributed by atoms with Crippen LogP contribution in [0.2, 0.25) is 0 Å². The Morgan fingerprint density at radius 1 is 1.23 bits per heavy atom. The van der Waals surface area contributed by atoms with Gasteiger partial charge in [0.2, 0.25) is 0 Å². The van der Waals surface area contributed by atoms with Crippen molar-refractivity contribution in [2.45, 2.75) is 59.8 Å². The second kappa shape index (κ2) is 4.83. The molecule has 76 valence electrons. The van der Waals surface area contributed by atoms with E-state index in [9.17, 15) is 0 Å². The van der Waals surface area contributed by atoms with Crippen LogP contribution in [0, 0.1) is 11.8 Å². The third-order valence-electron chi connectivity index (χ3n) is 3.46. The van der Waals surface area contributed by atoms with Crippen molar-refractivity contribution in [1.82, 2.24) is 0 Å². The second-order valence-electron chi connectivity index (χ2n) is 5.06. The summed E-state index contributed by atoms with van der Waals surface area (Å²) in [7, 11) is 0. The van der Waals surface area contributed by atoms with Gasteiger partial charge in [0.15, 0.2) is 0 Å². The number of rotatable bonds is 1. The van der Waals surface area contributed by atoms with Crippen molar-refractivity contribution in [3.05, 3.63) is 11.1 Å². The summed E-state index contributed by atoms with van der Waals surface area (Å²) in [6, 6.07) is 0. The molecule has 0 amide bonds. The van der Waals surface area contributed by atoms with Gasteiger partial charge in [0.05, 0.1) is 0 Å². The Kier molecular flexibility index (Phi) is 4.02. The highest BCUT2D eigenvalue weighted by Crippen LogP contribution is 2.33. The third kappa shape index (κ3) is 3.17. The highest BCUT2D eigenvalue weighted by molar-refractivity contribution is 5.11. The molecule has 13 heavy (non-hydrogen) atoms. The Morgan fingerprint density at radius 3 is 2.46 bits per heavy atom. The molecule has 0 aliphatic heterocycles. The topological polar surface area (TPSA) is 0 Å². The van der Waals surface area contributed by atoms with Gasteiger partial charge in [0.1, 0.15) is 0 Å². The first-order valence-corrected chi connectivity index (χ1v) is 5.76. The van der Waals surface area contributed by atoms with Crippen LogP contribution in [0.15, 0.2) is 11.1 Å². The average Bonchev–Trinajstić information content (AvgIpc) is 2.28. The van der Waals surface area contributed by atoms with E-state index < -0.39 is 0 Å². The number of allylic oxidation sites excluding steroid dienone is 2. The first kappa shape index (κ1) is 10.8. The van der Waals surface area contributed by atoms with E-state index in [1.165, 1.54) is 32.1 Å². The predicted octanol–water partition coefficient (Wildman–Crippen LogP) is 4.56. The predicted molar refractivity (Wildman–Crippen MR) is 59.8 cm³/mol. The molecule has 0 aromatic heterocycles. The monoisotopic (exact) mass is 180 g/mol. The lowest BCUT2D eigenvalue weighted by Crippen LogP contribution is -2.08. The van der Waals surface area contributed by atoms with Crippen molar-refractivity contribution in [1.29, 1.82) is 0 Å². The quantitative estimate of drug-likeness (QED) is 0.410. The Labute approximate surface area is 83.4 Å². The molecule has 1 rings (SSSR count). The minimum Gasteiger partial charge on any atom is -0.0772 e. The Bertz CT molecular complexity index is 182. The van der Waals surface area contributed by atoms with Gasteiger partial charge in [-0.3, -0.25) is 0 Å². The maximum atomic E-state index is 2.37. The smallest absolute Gasteiger partial charge is 0.0287 e. The maximum absolute atomic E-state index is 2.37. The summed E-state index contributed by atoms with van der Waals surface area (Å²) >= 11 is 0. The van der Waals surface area contributed by atoms with Crippen molar-refractivity contribution < 1.29 is 0 Å². The van der Waals surface area contributed by atoms with Gasteiger partial charge < -0.3 is 0 Å². The van der Waals surface area contributed by atoms with E-state index in [4.69, 9.17) is 0 Å². The van der Waals surface area contributed by atoms with Gasteiger partial charge in [-0.1, -0.05) is 31.4 Å². The van der Waals surface area contributed by atoms with Crippen LogP contribution >= 0.6 is 0 Å². The standard InChI is InChI=1S/C13H24/c1-10(2)12-7-5-6-8-13(9-12)11(3)4/h10,12H,5-9H2,1-4H3. The highest BCUT2D eigenvalue weighted by Gasteiger charge is 2.18. The molecular formula is C13H24. The molecule has 0 nitrogen and oxygen atoms in total. The van der Waals surface area contributed by atoms with Crippen molar-refractivity contribution in [3.8, 4) is 0 Å². The number of hydrogen-bond acceptors (Lipinski definition) is 0. The molecule has 0 radical (unpaired) electrons. The first-order chi connectivity index (χ1) is 6.11. The lowest BCUT2D eigenvalue weighted by atomic mass is 9.86. The fourth-order valence-corrected chi connectivity index (χ4v) is 2.29. The van der Waals surface area contributed by atoms with E-state index >= 15 is 0 Å². The summed E-state index contributed by atoms with van der Waals surface area (Å²) in [5.41, 5.74) is 3.32. The first-order valence-electron chi connectivity index (χ1n) is 5.76. The molecule has 0 aromatic rings. The minimum absolute atomic E-state index is 0.868. The van der Waals surface area contributed by atoms with Crippen LogP contribution in [0.25, 0.3) is 0 Å². The lowest BCUT2D eigenvalue weighted by molar-refractivity contribution is 0.359. The van der Waals surface area contributed by atoms with E-state index in [1.807, 2.05) is 0 Å². The SMILES string of the molecule is CC(C)=C1CCCCC(C(C)C)C1. The van der Waals surface area contributed by atoms with E-state index in [2.05, 4.69) is 27.7 Å². The molecule has 0 aromatic carbocycles. The van der Waals surface area contributed by atoms with Crippen molar-refractivity contribution in [3.63, 3.8) is 0 Å². The summed E-state index contributed by atoms with van der Waals surface area (Å²) in [4.78, 5) is 0. The summed E-state index contributed by atoms with van der Waals surface area (Å²) in [5.74, 6) is 1.82. The van der Waals surface area contributed by atoms with Gasteiger partial charge in [-0.15, -0.1) is 0 Å². The fraction of sp³-hybridized carbons (Fsp3) is 0.846. The van der Waals surface area contributed by atoms with Gasteiger partial charge in [-0.2, -0.15) is 0 Å². The van der Waals surface area contributed by atoms with E-state index in [0.29, 0.717) is 0 Å². The molecular weight excluding hydrogens is 156 g/mol. The van der Waals surface area contributed by atoms with Crippen LogP contribution in [0.4, 0.5) is 0 Å². The van der Waals surface area contributed by atoms with Crippen molar-refractivity contribution >= 4 is 0 Å². The average molecular weight is 180 g/mol. The van der Waals surface area contributed by atoms with Crippen molar-refractivity contribution in [2.75, 3.05) is 0 Å². The Morgan fingerprint density at radius 2 is 1.92 bits per heavy atom. The van der Waals surface area contributed by atoms with Crippen LogP contribution in [0.3, 0.4) is 0 Å². The molecule has 1 aliphatic rings. The second-order valence-corrected chi connectivity index (χ2v) is 5.06. The Balaban J connectivity index is 2.66. The van der Waals surface area contributed by atoms with E-state index in [1.54, 1.807) is 11.1 Å². The molecule has 0 heteroatoms. The lowest BCUT2D eigenvalue weighted by Gasteiger charge is -2.19.